The molecule has 0 spiro atoms. The predicted molar refractivity (Wildman–Crippen MR) is 158 cm³/mol. The van der Waals surface area contributed by atoms with Crippen molar-refractivity contribution in [2.24, 2.45) is 0 Å². The number of para-hydroxylation sites is 1. The first-order valence-electron chi connectivity index (χ1n) is 12.9. The molecule has 4 aromatic carbocycles. The minimum Gasteiger partial charge on any atom is -0.493 e. The zero-order chi connectivity index (χ0) is 28.8. The van der Waals surface area contributed by atoms with Gasteiger partial charge < -0.3 is 29.0 Å². The van der Waals surface area contributed by atoms with Gasteiger partial charge in [-0.1, -0.05) is 18.2 Å². The second-order valence-corrected chi connectivity index (χ2v) is 9.12. The summed E-state index contributed by atoms with van der Waals surface area (Å²) in [6, 6.07) is 25.8. The zero-order valence-corrected chi connectivity index (χ0v) is 23.3. The topological polar surface area (TPSA) is 88.1 Å². The fraction of sp³-hybridized carbons (Fsp3) is 0.152. The molecule has 0 radical (unpaired) electrons. The van der Waals surface area contributed by atoms with Crippen molar-refractivity contribution in [3.63, 3.8) is 0 Å². The van der Waals surface area contributed by atoms with Gasteiger partial charge in [-0.15, -0.1) is 0 Å². The van der Waals surface area contributed by atoms with Gasteiger partial charge in [0.25, 0.3) is 5.91 Å². The molecule has 1 N–H and O–H groups in total. The average molecular weight is 551 g/mol. The van der Waals surface area contributed by atoms with Crippen LogP contribution in [0.3, 0.4) is 0 Å². The third-order valence-electron chi connectivity index (χ3n) is 6.66. The highest BCUT2D eigenvalue weighted by Crippen LogP contribution is 2.37. The van der Waals surface area contributed by atoms with Gasteiger partial charge in [0.2, 0.25) is 0 Å². The first-order valence-corrected chi connectivity index (χ1v) is 12.9. The summed E-state index contributed by atoms with van der Waals surface area (Å²) in [7, 11) is 6.34. The van der Waals surface area contributed by atoms with Crippen molar-refractivity contribution in [3.05, 3.63) is 108 Å². The average Bonchev–Trinajstić information content (AvgIpc) is 3.01. The summed E-state index contributed by atoms with van der Waals surface area (Å²) in [6.45, 7) is 0. The Bertz CT molecular complexity index is 1670. The molecular formula is C33H30N2O6. The highest BCUT2D eigenvalue weighted by atomic mass is 16.5. The Balaban J connectivity index is 1.46. The number of carbonyl (C=O) groups excluding carboxylic acids is 1. The number of anilines is 1. The van der Waals surface area contributed by atoms with Crippen LogP contribution in [0.4, 0.5) is 5.69 Å². The number of carbonyl (C=O) groups is 1. The van der Waals surface area contributed by atoms with Gasteiger partial charge in [-0.3, -0.25) is 9.78 Å². The molecule has 8 heteroatoms. The summed E-state index contributed by atoms with van der Waals surface area (Å²) < 4.78 is 27.9. The number of methoxy groups -OCH3 is 4. The molecule has 0 saturated heterocycles. The molecule has 0 aliphatic rings. The third kappa shape index (κ3) is 6.01. The van der Waals surface area contributed by atoms with Crippen LogP contribution in [0, 0.1) is 0 Å². The Kier molecular flexibility index (Phi) is 8.20. The third-order valence-corrected chi connectivity index (χ3v) is 6.66. The Morgan fingerprint density at radius 3 is 2.00 bits per heavy atom. The van der Waals surface area contributed by atoms with E-state index in [0.717, 1.165) is 27.8 Å². The van der Waals surface area contributed by atoms with Gasteiger partial charge in [0.1, 0.15) is 11.5 Å². The predicted octanol–water partition coefficient (Wildman–Crippen LogP) is 6.90. The maximum Gasteiger partial charge on any atom is 0.255 e. The molecule has 208 valence electrons. The largest absolute Gasteiger partial charge is 0.493 e. The minimum absolute atomic E-state index is 0.276. The standard InChI is InChI=1S/C33H30N2O6/c1-37-29-17-22-14-15-34-28(26(22)19-31(29)39-3)16-23-18-30(38-2)32(40-4)20-27(23)35-33(36)21-10-12-25(13-11-21)41-24-8-6-5-7-9-24/h5-15,17-20H,16H2,1-4H3,(H,35,36). The monoisotopic (exact) mass is 550 g/mol. The Labute approximate surface area is 238 Å². The summed E-state index contributed by atoms with van der Waals surface area (Å²) in [5.74, 6) is 3.36. The maximum atomic E-state index is 13.3. The van der Waals surface area contributed by atoms with Crippen molar-refractivity contribution in [3.8, 4) is 34.5 Å². The van der Waals surface area contributed by atoms with Gasteiger partial charge in [0, 0.05) is 35.3 Å². The number of fused-ring (bicyclic) bond motifs is 1. The van der Waals surface area contributed by atoms with E-state index in [1.165, 1.54) is 0 Å². The van der Waals surface area contributed by atoms with Crippen molar-refractivity contribution in [2.45, 2.75) is 6.42 Å². The highest BCUT2D eigenvalue weighted by Gasteiger charge is 2.17. The molecule has 0 saturated carbocycles. The van der Waals surface area contributed by atoms with Crippen LogP contribution in [0.2, 0.25) is 0 Å². The van der Waals surface area contributed by atoms with E-state index in [1.54, 1.807) is 65.0 Å². The van der Waals surface area contributed by atoms with Crippen LogP contribution >= 0.6 is 0 Å². The SMILES string of the molecule is COc1cc(Cc2nccc3cc(OC)c(OC)cc23)c(NC(=O)c2ccc(Oc3ccccc3)cc2)cc1OC. The Morgan fingerprint density at radius 1 is 0.707 bits per heavy atom. The Morgan fingerprint density at radius 2 is 1.32 bits per heavy atom. The summed E-state index contributed by atoms with van der Waals surface area (Å²) in [6.07, 6.45) is 2.16. The first kappa shape index (κ1) is 27.3. The fourth-order valence-corrected chi connectivity index (χ4v) is 4.56. The van der Waals surface area contributed by atoms with E-state index in [2.05, 4.69) is 10.3 Å². The van der Waals surface area contributed by atoms with Crippen LogP contribution in [-0.2, 0) is 6.42 Å². The number of hydrogen-bond acceptors (Lipinski definition) is 7. The zero-order valence-electron chi connectivity index (χ0n) is 23.3. The molecule has 1 amide bonds. The number of hydrogen-bond donors (Lipinski definition) is 1. The molecule has 0 aliphatic carbocycles. The second kappa shape index (κ2) is 12.3. The summed E-state index contributed by atoms with van der Waals surface area (Å²) in [5, 5.41) is 4.91. The molecule has 1 aromatic heterocycles. The summed E-state index contributed by atoms with van der Waals surface area (Å²) in [5.41, 5.74) is 2.66. The number of pyridine rings is 1. The molecule has 0 atom stereocenters. The number of nitrogens with zero attached hydrogens (tertiary/aromatic N) is 1. The molecule has 8 nitrogen and oxygen atoms in total. The van der Waals surface area contributed by atoms with Crippen LogP contribution in [0.15, 0.2) is 91.1 Å². The van der Waals surface area contributed by atoms with Gasteiger partial charge in [0.05, 0.1) is 34.1 Å². The second-order valence-electron chi connectivity index (χ2n) is 9.12. The number of rotatable bonds is 10. The van der Waals surface area contributed by atoms with E-state index in [9.17, 15) is 4.79 Å². The van der Waals surface area contributed by atoms with E-state index in [1.807, 2.05) is 54.6 Å². The molecule has 0 unspecified atom stereocenters. The van der Waals surface area contributed by atoms with Crippen molar-refractivity contribution in [1.82, 2.24) is 4.98 Å². The number of ether oxygens (including phenoxy) is 5. The lowest BCUT2D eigenvalue weighted by Gasteiger charge is -2.17. The molecule has 1 heterocycles. The number of nitrogens with one attached hydrogen (secondary N) is 1. The molecule has 0 bridgehead atoms. The highest BCUT2D eigenvalue weighted by molar-refractivity contribution is 6.05. The lowest BCUT2D eigenvalue weighted by atomic mass is 10.0. The Hall–Kier alpha value is -5.24. The van der Waals surface area contributed by atoms with Crippen molar-refractivity contribution < 1.29 is 28.5 Å². The number of benzene rings is 4. The van der Waals surface area contributed by atoms with Gasteiger partial charge in [0.15, 0.2) is 23.0 Å². The van der Waals surface area contributed by atoms with E-state index < -0.39 is 0 Å². The van der Waals surface area contributed by atoms with Crippen molar-refractivity contribution >= 4 is 22.4 Å². The number of amides is 1. The van der Waals surface area contributed by atoms with E-state index in [-0.39, 0.29) is 5.91 Å². The van der Waals surface area contributed by atoms with Gasteiger partial charge in [-0.2, -0.15) is 0 Å². The lowest BCUT2D eigenvalue weighted by Crippen LogP contribution is -2.14. The number of aromatic nitrogens is 1. The molecule has 5 rings (SSSR count). The molecule has 5 aromatic rings. The van der Waals surface area contributed by atoms with E-state index in [4.69, 9.17) is 23.7 Å². The van der Waals surface area contributed by atoms with Gasteiger partial charge in [-0.25, -0.2) is 0 Å². The molecule has 0 fully saturated rings. The maximum absolute atomic E-state index is 13.3. The minimum atomic E-state index is -0.276. The van der Waals surface area contributed by atoms with Crippen LogP contribution in [-0.4, -0.2) is 39.3 Å². The van der Waals surface area contributed by atoms with Crippen LogP contribution < -0.4 is 29.0 Å². The van der Waals surface area contributed by atoms with E-state index in [0.29, 0.717) is 46.4 Å². The van der Waals surface area contributed by atoms with Gasteiger partial charge in [-0.05, 0) is 71.6 Å². The molecule has 0 aliphatic heterocycles. The van der Waals surface area contributed by atoms with Crippen molar-refractivity contribution in [2.75, 3.05) is 33.8 Å². The molecular weight excluding hydrogens is 520 g/mol. The van der Waals surface area contributed by atoms with Gasteiger partial charge >= 0.3 is 0 Å². The molecule has 41 heavy (non-hydrogen) atoms. The quantitative estimate of drug-likeness (QED) is 0.202. The van der Waals surface area contributed by atoms with Crippen molar-refractivity contribution in [1.29, 1.82) is 0 Å². The van der Waals surface area contributed by atoms with E-state index >= 15 is 0 Å². The van der Waals surface area contributed by atoms with Crippen LogP contribution in [0.25, 0.3) is 10.8 Å². The fourth-order valence-electron chi connectivity index (χ4n) is 4.56. The normalized spacial score (nSPS) is 10.6. The van der Waals surface area contributed by atoms with Crippen LogP contribution in [0.5, 0.6) is 34.5 Å². The van der Waals surface area contributed by atoms with Crippen LogP contribution in [0.1, 0.15) is 21.6 Å². The smallest absolute Gasteiger partial charge is 0.255 e. The lowest BCUT2D eigenvalue weighted by molar-refractivity contribution is 0.102. The first-order chi connectivity index (χ1) is 20.0. The summed E-state index contributed by atoms with van der Waals surface area (Å²) >= 11 is 0. The summed E-state index contributed by atoms with van der Waals surface area (Å²) in [4.78, 5) is 18.0.